The second-order valence-electron chi connectivity index (χ2n) is 8.90. The predicted octanol–water partition coefficient (Wildman–Crippen LogP) is 2.67. The van der Waals surface area contributed by atoms with Gasteiger partial charge in [-0.3, -0.25) is 4.79 Å². The number of anilines is 2. The van der Waals surface area contributed by atoms with E-state index in [1.807, 2.05) is 0 Å². The molecule has 5 aliphatic rings. The van der Waals surface area contributed by atoms with Crippen LogP contribution in [0.2, 0.25) is 0 Å². The van der Waals surface area contributed by atoms with Gasteiger partial charge in [0.1, 0.15) is 5.82 Å². The van der Waals surface area contributed by atoms with Gasteiger partial charge in [0.2, 0.25) is 5.95 Å². The zero-order chi connectivity index (χ0) is 18.0. The van der Waals surface area contributed by atoms with Gasteiger partial charge in [0, 0.05) is 37.7 Å². The number of aromatic nitrogens is 2. The van der Waals surface area contributed by atoms with Crippen LogP contribution in [-0.4, -0.2) is 46.7 Å². The fourth-order valence-electron chi connectivity index (χ4n) is 5.52. The van der Waals surface area contributed by atoms with Gasteiger partial charge in [-0.25, -0.2) is 4.98 Å². The molecule has 1 N–H and O–H groups in total. The number of fused-ring (bicyclic) bond motifs is 3. The highest BCUT2D eigenvalue weighted by molar-refractivity contribution is 5.67. The number of nitrogens with zero attached hydrogens (tertiary/aromatic N) is 4. The zero-order valence-corrected chi connectivity index (χ0v) is 15.7. The Labute approximate surface area is 154 Å². The van der Waals surface area contributed by atoms with Gasteiger partial charge in [-0.2, -0.15) is 4.98 Å². The highest BCUT2D eigenvalue weighted by atomic mass is 16.4. The van der Waals surface area contributed by atoms with E-state index in [-0.39, 0.29) is 0 Å². The molecule has 1 aromatic rings. The van der Waals surface area contributed by atoms with E-state index in [0.29, 0.717) is 36.1 Å². The minimum atomic E-state index is -0.649. The van der Waals surface area contributed by atoms with Gasteiger partial charge in [-0.15, -0.1) is 0 Å². The lowest BCUT2D eigenvalue weighted by molar-refractivity contribution is -0.141. The minimum Gasteiger partial charge on any atom is -0.481 e. The molecular formula is C20H28N4O2. The average molecular weight is 356 g/mol. The van der Waals surface area contributed by atoms with Crippen molar-refractivity contribution < 1.29 is 9.90 Å². The van der Waals surface area contributed by atoms with Gasteiger partial charge in [-0.1, -0.05) is 6.92 Å². The van der Waals surface area contributed by atoms with Gasteiger partial charge >= 0.3 is 5.97 Å². The monoisotopic (exact) mass is 356 g/mol. The third kappa shape index (κ3) is 2.41. The molecule has 2 bridgehead atoms. The van der Waals surface area contributed by atoms with E-state index >= 15 is 0 Å². The second-order valence-corrected chi connectivity index (χ2v) is 8.90. The van der Waals surface area contributed by atoms with Crippen LogP contribution in [-0.2, 0) is 11.2 Å². The first-order valence-electron chi connectivity index (χ1n) is 10.2. The van der Waals surface area contributed by atoms with Crippen molar-refractivity contribution in [1.82, 2.24) is 9.97 Å². The van der Waals surface area contributed by atoms with Gasteiger partial charge in [0.25, 0.3) is 0 Å². The van der Waals surface area contributed by atoms with Crippen LogP contribution in [0.1, 0.15) is 56.7 Å². The Kier molecular flexibility index (Phi) is 3.66. The highest BCUT2D eigenvalue weighted by Crippen LogP contribution is 2.49. The fourth-order valence-corrected chi connectivity index (χ4v) is 5.52. The fraction of sp³-hybridized carbons (Fsp3) is 0.750. The Morgan fingerprint density at radius 3 is 2.58 bits per heavy atom. The Morgan fingerprint density at radius 1 is 1.19 bits per heavy atom. The zero-order valence-electron chi connectivity index (χ0n) is 15.7. The van der Waals surface area contributed by atoms with Crippen LogP contribution in [0.15, 0.2) is 0 Å². The molecule has 0 unspecified atom stereocenters. The lowest BCUT2D eigenvalue weighted by atomic mass is 9.60. The molecule has 26 heavy (non-hydrogen) atoms. The van der Waals surface area contributed by atoms with Crippen LogP contribution in [0, 0.1) is 17.8 Å². The molecule has 3 aliphatic heterocycles. The summed E-state index contributed by atoms with van der Waals surface area (Å²) in [7, 11) is 0. The number of rotatable bonds is 4. The Bertz CT molecular complexity index is 740. The van der Waals surface area contributed by atoms with Crippen molar-refractivity contribution in [3.63, 3.8) is 0 Å². The van der Waals surface area contributed by atoms with Crippen molar-refractivity contribution in [2.45, 2.75) is 57.9 Å². The number of hydrogen-bond acceptors (Lipinski definition) is 5. The van der Waals surface area contributed by atoms with Crippen molar-refractivity contribution in [2.75, 3.05) is 29.4 Å². The first-order chi connectivity index (χ1) is 12.5. The van der Waals surface area contributed by atoms with Crippen molar-refractivity contribution in [3.05, 3.63) is 11.3 Å². The van der Waals surface area contributed by atoms with E-state index in [1.165, 1.54) is 30.5 Å². The van der Waals surface area contributed by atoms with Gasteiger partial charge in [0.05, 0.1) is 5.69 Å². The Hall–Kier alpha value is -1.85. The quantitative estimate of drug-likeness (QED) is 0.894. The molecule has 6 rings (SSSR count). The summed E-state index contributed by atoms with van der Waals surface area (Å²) < 4.78 is 0. The van der Waals surface area contributed by atoms with E-state index in [1.54, 1.807) is 0 Å². The van der Waals surface area contributed by atoms with Crippen LogP contribution < -0.4 is 9.80 Å². The second kappa shape index (κ2) is 5.83. The van der Waals surface area contributed by atoms with Crippen molar-refractivity contribution >= 4 is 17.7 Å². The largest absolute Gasteiger partial charge is 0.481 e. The molecule has 3 saturated heterocycles. The highest BCUT2D eigenvalue weighted by Gasteiger charge is 2.48. The molecule has 0 spiro atoms. The summed E-state index contributed by atoms with van der Waals surface area (Å²) in [6.45, 7) is 7.50. The molecule has 0 radical (unpaired) electrons. The summed E-state index contributed by atoms with van der Waals surface area (Å²) in [5.74, 6) is 3.32. The molecule has 6 nitrogen and oxygen atoms in total. The Morgan fingerprint density at radius 2 is 1.96 bits per heavy atom. The molecule has 1 saturated carbocycles. The first kappa shape index (κ1) is 16.3. The van der Waals surface area contributed by atoms with Crippen molar-refractivity contribution in [2.24, 2.45) is 17.8 Å². The number of piperidine rings is 2. The van der Waals surface area contributed by atoms with Gasteiger partial charge < -0.3 is 14.9 Å². The molecule has 2 aliphatic carbocycles. The maximum Gasteiger partial charge on any atom is 0.303 e. The molecule has 140 valence electrons. The molecule has 5 atom stereocenters. The first-order valence-corrected chi connectivity index (χ1v) is 10.2. The summed E-state index contributed by atoms with van der Waals surface area (Å²) in [6, 6.07) is 0.535. The standard InChI is InChI=1S/C20H28N4O2/c1-11-3-4-15-18(11)21-20(24-6-5-12(24)2)22-19(15)23-9-13-7-14(10-23)16(13)8-17(25)26/h11-14,16H,3-10H2,1-2H3,(H,25,26)/t11-,12+,13-,14+,16-/m1/s1. The number of carboxylic acids is 1. The summed E-state index contributed by atoms with van der Waals surface area (Å²) in [6.07, 6.45) is 4.98. The van der Waals surface area contributed by atoms with Crippen molar-refractivity contribution in [3.8, 4) is 0 Å². The summed E-state index contributed by atoms with van der Waals surface area (Å²) >= 11 is 0. The van der Waals surface area contributed by atoms with E-state index in [0.717, 1.165) is 37.8 Å². The maximum atomic E-state index is 11.1. The molecule has 4 heterocycles. The van der Waals surface area contributed by atoms with Crippen molar-refractivity contribution in [1.29, 1.82) is 0 Å². The molecule has 0 amide bonds. The van der Waals surface area contributed by atoms with Crippen LogP contribution in [0.25, 0.3) is 0 Å². The molecule has 4 fully saturated rings. The minimum absolute atomic E-state index is 0.332. The lowest BCUT2D eigenvalue weighted by Gasteiger charge is -2.54. The third-order valence-corrected chi connectivity index (χ3v) is 7.31. The number of carboxylic acid groups (broad SMARTS) is 1. The van der Waals surface area contributed by atoms with Crippen LogP contribution >= 0.6 is 0 Å². The molecule has 1 aromatic heterocycles. The molecule has 6 heteroatoms. The van der Waals surface area contributed by atoms with Crippen LogP contribution in [0.5, 0.6) is 0 Å². The summed E-state index contributed by atoms with van der Waals surface area (Å²) in [5.41, 5.74) is 2.61. The normalized spacial score (nSPS) is 34.9. The SMILES string of the molecule is C[C@@H]1CCc2c1nc(N1CC[C@@H]1C)nc2N1C[C@H]2C[C@@H](C1)[C@@H]2CC(=O)O. The number of carbonyl (C=O) groups is 1. The van der Waals surface area contributed by atoms with E-state index in [4.69, 9.17) is 15.1 Å². The van der Waals surface area contributed by atoms with Crippen LogP contribution in [0.4, 0.5) is 11.8 Å². The smallest absolute Gasteiger partial charge is 0.303 e. The molecular weight excluding hydrogens is 328 g/mol. The third-order valence-electron chi connectivity index (χ3n) is 7.31. The van der Waals surface area contributed by atoms with E-state index < -0.39 is 5.97 Å². The number of aliphatic carboxylic acids is 1. The predicted molar refractivity (Wildman–Crippen MR) is 99.7 cm³/mol. The van der Waals surface area contributed by atoms with Crippen LogP contribution in [0.3, 0.4) is 0 Å². The van der Waals surface area contributed by atoms with E-state index in [9.17, 15) is 4.79 Å². The van der Waals surface area contributed by atoms with Gasteiger partial charge in [0.15, 0.2) is 0 Å². The average Bonchev–Trinajstić information content (AvgIpc) is 2.99. The Balaban J connectivity index is 1.44. The van der Waals surface area contributed by atoms with Gasteiger partial charge in [-0.05, 0) is 56.3 Å². The maximum absolute atomic E-state index is 11.1. The summed E-state index contributed by atoms with van der Waals surface area (Å²) in [4.78, 5) is 25.9. The van der Waals surface area contributed by atoms with E-state index in [2.05, 4.69) is 23.6 Å². The number of hydrogen-bond donors (Lipinski definition) is 1. The lowest BCUT2D eigenvalue weighted by Crippen LogP contribution is -2.56. The topological polar surface area (TPSA) is 69.6 Å². The molecule has 0 aromatic carbocycles. The summed E-state index contributed by atoms with van der Waals surface area (Å²) in [5, 5.41) is 9.16.